The number of rotatable bonds is 5. The molecular formula is C16H29N3S. The molecule has 0 spiro atoms. The smallest absolute Gasteiger partial charge is 0.185 e. The molecule has 4 heteroatoms. The van der Waals surface area contributed by atoms with Gasteiger partial charge in [0.25, 0.3) is 0 Å². The lowest BCUT2D eigenvalue weighted by atomic mass is 9.78. The number of hydrogen-bond acceptors (Lipinski definition) is 4. The molecule has 20 heavy (non-hydrogen) atoms. The molecule has 3 nitrogen and oxygen atoms in total. The van der Waals surface area contributed by atoms with E-state index in [9.17, 15) is 0 Å². The largest absolute Gasteiger partial charge is 0.348 e. The van der Waals surface area contributed by atoms with Gasteiger partial charge in [-0.3, -0.25) is 0 Å². The molecule has 1 saturated heterocycles. The molecule has 2 heterocycles. The summed E-state index contributed by atoms with van der Waals surface area (Å²) in [6, 6.07) is 0. The van der Waals surface area contributed by atoms with Crippen molar-refractivity contribution < 1.29 is 0 Å². The second kappa shape index (κ2) is 6.44. The molecule has 0 aliphatic carbocycles. The molecule has 2 rings (SSSR count). The molecule has 1 aromatic heterocycles. The van der Waals surface area contributed by atoms with Crippen LogP contribution in [0.2, 0.25) is 0 Å². The van der Waals surface area contributed by atoms with E-state index >= 15 is 0 Å². The van der Waals surface area contributed by atoms with Gasteiger partial charge in [0.2, 0.25) is 0 Å². The van der Waals surface area contributed by atoms with Crippen molar-refractivity contribution in [2.24, 2.45) is 5.41 Å². The van der Waals surface area contributed by atoms with Crippen LogP contribution in [-0.2, 0) is 6.54 Å². The van der Waals surface area contributed by atoms with Crippen molar-refractivity contribution >= 4 is 16.5 Å². The van der Waals surface area contributed by atoms with Crippen molar-refractivity contribution in [3.63, 3.8) is 0 Å². The number of anilines is 1. The normalized spacial score (nSPS) is 18.8. The lowest BCUT2D eigenvalue weighted by molar-refractivity contribution is 0.238. The Bertz CT molecular complexity index is 431. The van der Waals surface area contributed by atoms with E-state index in [0.29, 0.717) is 11.3 Å². The molecule has 114 valence electrons. The number of aromatic nitrogens is 1. The minimum absolute atomic E-state index is 0.508. The minimum atomic E-state index is 0.508. The highest BCUT2D eigenvalue weighted by Gasteiger charge is 2.30. The maximum Gasteiger partial charge on any atom is 0.185 e. The van der Waals surface area contributed by atoms with Crippen LogP contribution in [0.5, 0.6) is 0 Å². The maximum absolute atomic E-state index is 4.93. The highest BCUT2D eigenvalue weighted by Crippen LogP contribution is 2.38. The van der Waals surface area contributed by atoms with Crippen LogP contribution in [0.15, 0.2) is 0 Å². The summed E-state index contributed by atoms with van der Waals surface area (Å²) < 4.78 is 0. The summed E-state index contributed by atoms with van der Waals surface area (Å²) in [4.78, 5) is 8.83. The summed E-state index contributed by atoms with van der Waals surface area (Å²) in [5.41, 5.74) is 1.82. The van der Waals surface area contributed by atoms with Gasteiger partial charge in [-0.05, 0) is 31.2 Å². The summed E-state index contributed by atoms with van der Waals surface area (Å²) in [6.07, 6.45) is 3.88. The van der Waals surface area contributed by atoms with E-state index < -0.39 is 0 Å². The van der Waals surface area contributed by atoms with Crippen molar-refractivity contribution in [2.45, 2.75) is 59.4 Å². The van der Waals surface area contributed by atoms with E-state index in [4.69, 9.17) is 4.98 Å². The van der Waals surface area contributed by atoms with Gasteiger partial charge in [-0.25, -0.2) is 4.98 Å². The van der Waals surface area contributed by atoms with Gasteiger partial charge in [-0.1, -0.05) is 34.1 Å². The molecule has 1 N–H and O–H groups in total. The first-order valence-corrected chi connectivity index (χ1v) is 8.70. The van der Waals surface area contributed by atoms with Gasteiger partial charge in [-0.2, -0.15) is 0 Å². The predicted molar refractivity (Wildman–Crippen MR) is 88.8 cm³/mol. The Kier molecular flexibility index (Phi) is 5.08. The van der Waals surface area contributed by atoms with Gasteiger partial charge in [0, 0.05) is 24.5 Å². The van der Waals surface area contributed by atoms with Crippen molar-refractivity contribution in [1.82, 2.24) is 10.3 Å². The number of nitrogens with one attached hydrogen (secondary N) is 1. The summed E-state index contributed by atoms with van der Waals surface area (Å²) in [7, 11) is 2.01. The molecule has 0 bridgehead atoms. The Morgan fingerprint density at radius 1 is 1.35 bits per heavy atom. The Balaban J connectivity index is 2.12. The molecule has 1 aliphatic heterocycles. The Labute approximate surface area is 127 Å². The van der Waals surface area contributed by atoms with Crippen molar-refractivity contribution in [2.75, 3.05) is 25.0 Å². The van der Waals surface area contributed by atoms with Crippen molar-refractivity contribution in [1.29, 1.82) is 0 Å². The van der Waals surface area contributed by atoms with Gasteiger partial charge < -0.3 is 10.2 Å². The zero-order valence-electron chi connectivity index (χ0n) is 13.6. The van der Waals surface area contributed by atoms with Crippen LogP contribution < -0.4 is 10.2 Å². The van der Waals surface area contributed by atoms with E-state index in [1.807, 2.05) is 18.4 Å². The molecule has 1 aromatic rings. The van der Waals surface area contributed by atoms with Gasteiger partial charge in [0.15, 0.2) is 5.13 Å². The first kappa shape index (κ1) is 15.8. The van der Waals surface area contributed by atoms with E-state index in [1.54, 1.807) is 0 Å². The second-order valence-electron chi connectivity index (χ2n) is 6.64. The highest BCUT2D eigenvalue weighted by atomic mass is 32.1. The van der Waals surface area contributed by atoms with Crippen molar-refractivity contribution in [3.8, 4) is 0 Å². The number of piperidine rings is 1. The third kappa shape index (κ3) is 3.34. The van der Waals surface area contributed by atoms with Crippen molar-refractivity contribution in [3.05, 3.63) is 10.6 Å². The number of hydrogen-bond donors (Lipinski definition) is 1. The molecule has 1 aliphatic rings. The monoisotopic (exact) mass is 295 g/mol. The number of thiazole rings is 1. The maximum atomic E-state index is 4.93. The predicted octanol–water partition coefficient (Wildman–Crippen LogP) is 4.00. The topological polar surface area (TPSA) is 28.2 Å². The molecule has 0 atom stereocenters. The first-order chi connectivity index (χ1) is 9.49. The minimum Gasteiger partial charge on any atom is -0.348 e. The van der Waals surface area contributed by atoms with Gasteiger partial charge >= 0.3 is 0 Å². The van der Waals surface area contributed by atoms with Gasteiger partial charge in [0.1, 0.15) is 0 Å². The van der Waals surface area contributed by atoms with Gasteiger partial charge in [0.05, 0.1) is 5.69 Å². The van der Waals surface area contributed by atoms with E-state index in [0.717, 1.165) is 19.6 Å². The van der Waals surface area contributed by atoms with Gasteiger partial charge in [-0.15, -0.1) is 11.3 Å². The summed E-state index contributed by atoms with van der Waals surface area (Å²) >= 11 is 1.88. The van der Waals surface area contributed by atoms with E-state index in [1.165, 1.54) is 35.0 Å². The van der Waals surface area contributed by atoms with E-state index in [-0.39, 0.29) is 0 Å². The molecule has 0 saturated carbocycles. The van der Waals surface area contributed by atoms with Crippen LogP contribution in [-0.4, -0.2) is 25.1 Å². The van der Waals surface area contributed by atoms with Crippen LogP contribution in [0.25, 0.3) is 0 Å². The fourth-order valence-electron chi connectivity index (χ4n) is 2.82. The highest BCUT2D eigenvalue weighted by molar-refractivity contribution is 7.15. The molecular weight excluding hydrogens is 266 g/mol. The van der Waals surface area contributed by atoms with Crippen LogP contribution in [0, 0.1) is 5.41 Å². The van der Waals surface area contributed by atoms with Crippen LogP contribution in [0.4, 0.5) is 5.13 Å². The average Bonchev–Trinajstić information content (AvgIpc) is 2.84. The Hall–Kier alpha value is -0.610. The average molecular weight is 295 g/mol. The molecule has 0 aromatic carbocycles. The lowest BCUT2D eigenvalue weighted by Gasteiger charge is -2.38. The lowest BCUT2D eigenvalue weighted by Crippen LogP contribution is -2.38. The third-order valence-electron chi connectivity index (χ3n) is 4.70. The third-order valence-corrected chi connectivity index (χ3v) is 5.83. The summed E-state index contributed by atoms with van der Waals surface area (Å²) in [5, 5.41) is 4.50. The van der Waals surface area contributed by atoms with Crippen LogP contribution in [0.3, 0.4) is 0 Å². The molecule has 0 amide bonds. The molecule has 0 radical (unpaired) electrons. The van der Waals surface area contributed by atoms with Crippen LogP contribution in [0.1, 0.15) is 63.4 Å². The SMILES string of the molecule is CCC1(C)CCN(c2nc(C(C)C)c(CNC)s2)CC1. The standard InChI is InChI=1S/C16H29N3S/c1-6-16(4)7-9-19(10-8-16)15-18-14(12(2)3)13(20-15)11-17-5/h12,17H,6-11H2,1-5H3. The second-order valence-corrected chi connectivity index (χ2v) is 7.70. The van der Waals surface area contributed by atoms with Crippen LogP contribution >= 0.6 is 11.3 Å². The number of nitrogens with zero attached hydrogens (tertiary/aromatic N) is 2. The Morgan fingerprint density at radius 2 is 2.00 bits per heavy atom. The summed E-state index contributed by atoms with van der Waals surface area (Å²) in [6.45, 7) is 12.5. The zero-order chi connectivity index (χ0) is 14.8. The Morgan fingerprint density at radius 3 is 2.50 bits per heavy atom. The first-order valence-electron chi connectivity index (χ1n) is 7.88. The summed E-state index contributed by atoms with van der Waals surface area (Å²) in [5.74, 6) is 0.508. The fraction of sp³-hybridized carbons (Fsp3) is 0.812. The zero-order valence-corrected chi connectivity index (χ0v) is 14.4. The molecule has 0 unspecified atom stereocenters. The van der Waals surface area contributed by atoms with E-state index in [2.05, 4.69) is 37.9 Å². The quantitative estimate of drug-likeness (QED) is 0.890. The fourth-order valence-corrected chi connectivity index (χ4v) is 4.09. The molecule has 1 fully saturated rings.